The predicted octanol–water partition coefficient (Wildman–Crippen LogP) is 21.0. The molecular formula is C104H123N9O10. The van der Waals surface area contributed by atoms with Crippen LogP contribution in [-0.2, 0) is 87.1 Å². The fraction of sp³-hybridized carbons (Fsp3) is 0.519. The standard InChI is InChI=1S/C23H28N2O2.C22H23N3O.C22H24N2O2.C21H24N2O.C16H24O4/c1-3-18-19-10-9-17-15-24-21(16-7-5-4-6-8-16)25-20(17)22(19,2)11-12-23(18)26-13-14-27-23;1-3-17-18-10-9-15-12-23-21(14-7-5-4-6-8-14)25-20(15)22(18,2)11-16-13-24-26-19(16)17;1-3-17-18-10-9-15-12-23-21(14-7-5-4-6-8-14)24-20(15)22(18,2)11-16(13-25)19(17)26;1-3-16-17-10-9-15-13-22-20(14-7-5-4-6-8-14)23-19(15)21(17,2)12-11-18(16)24;1-3-12-13-5-4-11(10-17)14(18)15(13,2)6-7-16(12)19-8-9-20-16/h4-8,15,18-19H,3,9-14H2,1-2H3;4-8,12-13,17-18H,3,9-11H2,1-2H3;4-8,12-13,17-18,25H,3,9-11H2,1-2H3;4-8,13,16-17H,3,9-12H2,1-2H3;10,12-13,17H,3-9H2,1-2H3/b;;16-13-;;11-10+/t18-,19-,22-;2*17-,18-,22-;16-,17-,21-;12-,13-,15-/m00000/s1. The van der Waals surface area contributed by atoms with Crippen LogP contribution in [0.5, 0.6) is 0 Å². The summed E-state index contributed by atoms with van der Waals surface area (Å²) in [5.41, 5.74) is 15.9. The lowest BCUT2D eigenvalue weighted by Gasteiger charge is -2.55. The van der Waals surface area contributed by atoms with Crippen molar-refractivity contribution in [3.05, 3.63) is 232 Å². The average molecular weight is 1660 g/mol. The molecule has 21 rings (SSSR count). The van der Waals surface area contributed by atoms with Gasteiger partial charge < -0.3 is 33.7 Å². The molecule has 7 heterocycles. The maximum Gasteiger partial charge on any atom is 0.171 e. The molecule has 0 unspecified atom stereocenters. The van der Waals surface area contributed by atoms with Crippen molar-refractivity contribution in [2.75, 3.05) is 26.4 Å². The minimum absolute atomic E-state index is 0.00857. The van der Waals surface area contributed by atoms with Crippen molar-refractivity contribution >= 4 is 17.3 Å². The Morgan fingerprint density at radius 2 is 0.724 bits per heavy atom. The number of Topliss-reactive ketones (excluding diaryl/α,β-unsaturated/α-hetero) is 3. The Balaban J connectivity index is 0.000000109. The highest BCUT2D eigenvalue weighted by molar-refractivity contribution is 6.00. The first kappa shape index (κ1) is 85.5. The van der Waals surface area contributed by atoms with E-state index < -0.39 is 5.79 Å². The van der Waals surface area contributed by atoms with Crippen molar-refractivity contribution in [1.82, 2.24) is 45.0 Å². The van der Waals surface area contributed by atoms with Crippen LogP contribution < -0.4 is 0 Å². The quantitative estimate of drug-likeness (QED) is 0.101. The van der Waals surface area contributed by atoms with Crippen molar-refractivity contribution in [3.8, 4) is 45.6 Å². The second kappa shape index (κ2) is 35.0. The Morgan fingerprint density at radius 3 is 1.13 bits per heavy atom. The number of aliphatic hydroxyl groups excluding tert-OH is 2. The van der Waals surface area contributed by atoms with Gasteiger partial charge in [0.25, 0.3) is 0 Å². The van der Waals surface area contributed by atoms with E-state index in [2.05, 4.69) is 155 Å². The number of fused-ring (bicyclic) bond motifs is 14. The van der Waals surface area contributed by atoms with Crippen LogP contribution in [0.4, 0.5) is 0 Å². The molecule has 15 atom stereocenters. The highest BCUT2D eigenvalue weighted by Crippen LogP contribution is 2.62. The minimum atomic E-state index is -0.459. The first-order valence-corrected chi connectivity index (χ1v) is 46.1. The maximum atomic E-state index is 12.7. The molecule has 0 bridgehead atoms. The fourth-order valence-corrected chi connectivity index (χ4v) is 25.7. The van der Waals surface area contributed by atoms with Gasteiger partial charge in [0.1, 0.15) is 11.5 Å². The van der Waals surface area contributed by atoms with E-state index >= 15 is 0 Å². The van der Waals surface area contributed by atoms with Gasteiger partial charge in [-0.25, -0.2) is 39.9 Å². The molecule has 7 fully saturated rings. The molecule has 2 spiro atoms. The fourth-order valence-electron chi connectivity index (χ4n) is 25.7. The molecule has 9 aromatic rings. The Bertz CT molecular complexity index is 5380. The summed E-state index contributed by atoms with van der Waals surface area (Å²) in [5.74, 6) is 7.54. The van der Waals surface area contributed by atoms with E-state index in [1.54, 1.807) is 0 Å². The zero-order valence-corrected chi connectivity index (χ0v) is 73.6. The zero-order chi connectivity index (χ0) is 85.6. The van der Waals surface area contributed by atoms with Crippen molar-refractivity contribution in [2.45, 2.75) is 256 Å². The summed E-state index contributed by atoms with van der Waals surface area (Å²) in [6.07, 6.45) is 33.6. The lowest BCUT2D eigenvalue weighted by molar-refractivity contribution is -0.246. The number of hydrogen-bond donors (Lipinski definition) is 2. The number of nitrogens with zero attached hydrogens (tertiary/aromatic N) is 9. The van der Waals surface area contributed by atoms with Crippen LogP contribution >= 0.6 is 0 Å². The number of rotatable bonds is 9. The van der Waals surface area contributed by atoms with E-state index in [1.165, 1.54) is 51.3 Å². The highest BCUT2D eigenvalue weighted by Gasteiger charge is 2.62. The van der Waals surface area contributed by atoms with Gasteiger partial charge >= 0.3 is 0 Å². The molecule has 0 radical (unpaired) electrons. The number of ketones is 3. The second-order valence-corrected chi connectivity index (χ2v) is 38.2. The lowest BCUT2D eigenvalue weighted by atomic mass is 9.53. The molecule has 12 aliphatic rings. The largest absolute Gasteiger partial charge is 0.515 e. The average Bonchev–Trinajstić information content (AvgIpc) is 1.71. The van der Waals surface area contributed by atoms with Gasteiger partial charge in [0.05, 0.1) is 67.9 Å². The first-order chi connectivity index (χ1) is 59.6. The zero-order valence-electron chi connectivity index (χ0n) is 73.6. The van der Waals surface area contributed by atoms with E-state index in [0.717, 1.165) is 205 Å². The Hall–Kier alpha value is -9.66. The van der Waals surface area contributed by atoms with E-state index in [-0.39, 0.29) is 74.0 Å². The van der Waals surface area contributed by atoms with Crippen molar-refractivity contribution in [3.63, 3.8) is 0 Å². The summed E-state index contributed by atoms with van der Waals surface area (Å²) in [5, 5.41) is 23.0. The molecule has 644 valence electrons. The monoisotopic (exact) mass is 1660 g/mol. The topological polar surface area (TPSA) is 258 Å². The molecule has 2 saturated heterocycles. The molecule has 5 saturated carbocycles. The van der Waals surface area contributed by atoms with Crippen LogP contribution in [0, 0.1) is 58.7 Å². The van der Waals surface area contributed by atoms with Gasteiger partial charge in [-0.15, -0.1) is 0 Å². The van der Waals surface area contributed by atoms with Gasteiger partial charge in [-0.1, -0.05) is 196 Å². The number of benzene rings is 4. The molecule has 2 N–H and O–H groups in total. The van der Waals surface area contributed by atoms with Crippen molar-refractivity contribution < 1.29 is 48.1 Å². The number of aryl methyl sites for hydroxylation is 4. The Morgan fingerprint density at radius 1 is 0.366 bits per heavy atom. The molecule has 10 aliphatic carbocycles. The first-order valence-electron chi connectivity index (χ1n) is 46.1. The summed E-state index contributed by atoms with van der Waals surface area (Å²) in [7, 11) is 0. The van der Waals surface area contributed by atoms with Crippen LogP contribution in [0.15, 0.2) is 181 Å². The molecule has 19 heteroatoms. The molecule has 0 amide bonds. The highest BCUT2D eigenvalue weighted by atomic mass is 16.7. The van der Waals surface area contributed by atoms with Gasteiger partial charge in [0.2, 0.25) is 0 Å². The van der Waals surface area contributed by atoms with Gasteiger partial charge in [0, 0.05) is 140 Å². The third-order valence-electron chi connectivity index (χ3n) is 32.0. The molecule has 2 aliphatic heterocycles. The lowest BCUT2D eigenvalue weighted by Crippen LogP contribution is -2.56. The number of carbonyl (C=O) groups excluding carboxylic acids is 3. The van der Waals surface area contributed by atoms with Crippen LogP contribution in [0.1, 0.15) is 247 Å². The van der Waals surface area contributed by atoms with Crippen LogP contribution in [0.3, 0.4) is 0 Å². The van der Waals surface area contributed by atoms with Gasteiger partial charge in [-0.2, -0.15) is 0 Å². The maximum absolute atomic E-state index is 12.7. The molecule has 19 nitrogen and oxygen atoms in total. The number of ether oxygens (including phenoxy) is 4. The summed E-state index contributed by atoms with van der Waals surface area (Å²) in [4.78, 5) is 76.5. The number of hydrogen-bond acceptors (Lipinski definition) is 19. The van der Waals surface area contributed by atoms with Gasteiger partial charge in [-0.05, 0) is 180 Å². The summed E-state index contributed by atoms with van der Waals surface area (Å²) < 4.78 is 30.0. The van der Waals surface area contributed by atoms with Crippen molar-refractivity contribution in [1.29, 1.82) is 0 Å². The summed E-state index contributed by atoms with van der Waals surface area (Å²) in [6, 6.07) is 40.8. The van der Waals surface area contributed by atoms with Crippen molar-refractivity contribution in [2.24, 2.45) is 58.7 Å². The number of allylic oxidation sites excluding steroid dienone is 2. The second-order valence-electron chi connectivity index (χ2n) is 38.2. The number of aromatic nitrogens is 9. The van der Waals surface area contributed by atoms with Crippen LogP contribution in [0.2, 0.25) is 0 Å². The van der Waals surface area contributed by atoms with Gasteiger partial charge in [0.15, 0.2) is 46.4 Å². The normalized spacial score (nSPS) is 31.3. The van der Waals surface area contributed by atoms with Crippen LogP contribution in [-0.4, -0.2) is 111 Å². The third-order valence-corrected chi connectivity index (χ3v) is 32.0. The van der Waals surface area contributed by atoms with Crippen LogP contribution in [0.25, 0.3) is 45.6 Å². The third kappa shape index (κ3) is 15.3. The Kier molecular flexibility index (Phi) is 24.4. The van der Waals surface area contributed by atoms with E-state index in [0.29, 0.717) is 79.0 Å². The number of aliphatic hydroxyl groups is 2. The molecule has 5 aromatic heterocycles. The van der Waals surface area contributed by atoms with E-state index in [4.69, 9.17) is 43.4 Å². The van der Waals surface area contributed by atoms with E-state index in [9.17, 15) is 24.6 Å². The predicted molar refractivity (Wildman–Crippen MR) is 474 cm³/mol. The molecule has 123 heavy (non-hydrogen) atoms. The Labute approximate surface area is 725 Å². The number of carbonyl (C=O) groups is 3. The summed E-state index contributed by atoms with van der Waals surface area (Å²) >= 11 is 0. The summed E-state index contributed by atoms with van der Waals surface area (Å²) in [6.45, 7) is 25.1. The minimum Gasteiger partial charge on any atom is -0.515 e. The molecule has 4 aromatic carbocycles. The molecular weight excluding hydrogens is 1540 g/mol. The van der Waals surface area contributed by atoms with E-state index in [1.807, 2.05) is 91.4 Å². The SMILES string of the molecule is CC[C@@H]1C(=O)/C(=C\O)C[C@]2(C)c3nc(-c4ccccc4)ncc3CC[C@@H]12.CC[C@@H]1C(=O)CC[C@]2(C)c3nc(-c4ccccc4)ncc3CC[C@@H]12.CC[C@@H]1c2oncc2C[C@]2(C)c3nc(-c4ccccc4)ncc3CC[C@@H]12.CC[C@H]1[C@@H]2CC/C(=C\O)C(=O)[C@@]2(C)CCC12OCCO2.CC[C@H]1[C@@H]2CCc3cnc(-c4ccccc4)nc3[C@@]2(C)CCC12OCCO2. The van der Waals surface area contributed by atoms with Gasteiger partial charge in [-0.3, -0.25) is 14.4 Å². The smallest absolute Gasteiger partial charge is 0.171 e.